The number of pyridine rings is 1. The van der Waals surface area contributed by atoms with Gasteiger partial charge in [-0.25, -0.2) is 4.98 Å². The van der Waals surface area contributed by atoms with Gasteiger partial charge in [-0.05, 0) is 17.1 Å². The minimum absolute atomic E-state index is 0.218. The predicted molar refractivity (Wildman–Crippen MR) is 67.0 cm³/mol. The summed E-state index contributed by atoms with van der Waals surface area (Å²) < 4.78 is 0. The third kappa shape index (κ3) is 2.88. The number of para-hydroxylation sites is 1. The molecule has 0 spiro atoms. The highest BCUT2D eigenvalue weighted by Gasteiger charge is 2.01. The first-order chi connectivity index (χ1) is 8.77. The Bertz CT molecular complexity index is 572. The van der Waals surface area contributed by atoms with Crippen LogP contribution in [-0.2, 0) is 0 Å². The van der Waals surface area contributed by atoms with E-state index in [4.69, 9.17) is 0 Å². The molecule has 2 heterocycles. The number of nitrogens with zero attached hydrogens (tertiary/aromatic N) is 3. The van der Waals surface area contributed by atoms with Crippen LogP contribution in [0.15, 0.2) is 55.0 Å². The lowest BCUT2D eigenvalue weighted by atomic mass is 10.2. The molecule has 0 unspecified atom stereocenters. The average molecular weight is 242 g/mol. The van der Waals surface area contributed by atoms with Crippen LogP contribution in [0.2, 0.25) is 0 Å². The van der Waals surface area contributed by atoms with Gasteiger partial charge in [-0.2, -0.15) is 0 Å². The summed E-state index contributed by atoms with van der Waals surface area (Å²) in [6, 6.07) is 12.1. The largest absolute Gasteiger partial charge is 0.432 e. The summed E-state index contributed by atoms with van der Waals surface area (Å²) in [5.74, 6) is -0.218. The second-order valence-electron chi connectivity index (χ2n) is 3.37. The maximum atomic E-state index is 9.77. The molecule has 0 saturated carbocycles. The van der Waals surface area contributed by atoms with Gasteiger partial charge in [0.1, 0.15) is 6.20 Å². The van der Waals surface area contributed by atoms with Crippen LogP contribution in [0, 0.1) is 10.1 Å². The van der Waals surface area contributed by atoms with Crippen molar-refractivity contribution in [3.05, 3.63) is 65.1 Å². The van der Waals surface area contributed by atoms with Gasteiger partial charge >= 0.3 is 5.95 Å². The Morgan fingerprint density at radius 1 is 1.06 bits per heavy atom. The van der Waals surface area contributed by atoms with Crippen molar-refractivity contribution in [1.82, 2.24) is 15.0 Å². The van der Waals surface area contributed by atoms with E-state index in [0.717, 1.165) is 5.52 Å². The lowest BCUT2D eigenvalue weighted by molar-refractivity contribution is -0.393. The molecule has 0 atom stereocenters. The molecule has 0 aliphatic heterocycles. The van der Waals surface area contributed by atoms with Crippen LogP contribution in [-0.4, -0.2) is 19.9 Å². The van der Waals surface area contributed by atoms with E-state index >= 15 is 0 Å². The topological polar surface area (TPSA) is 84.7 Å². The zero-order valence-corrected chi connectivity index (χ0v) is 9.35. The Kier molecular flexibility index (Phi) is 3.60. The van der Waals surface area contributed by atoms with E-state index < -0.39 is 4.92 Å². The van der Waals surface area contributed by atoms with E-state index in [1.54, 1.807) is 0 Å². The van der Waals surface area contributed by atoms with E-state index in [-0.39, 0.29) is 5.95 Å². The van der Waals surface area contributed by atoms with Crippen LogP contribution in [0.25, 0.3) is 10.9 Å². The minimum Gasteiger partial charge on any atom is -0.390 e. The number of H-pyrrole nitrogens is 1. The molecular weight excluding hydrogens is 232 g/mol. The lowest BCUT2D eigenvalue weighted by Crippen LogP contribution is -1.88. The number of hydrogen-bond acceptors (Lipinski definition) is 4. The predicted octanol–water partition coefficient (Wildman–Crippen LogP) is 2.55. The lowest BCUT2D eigenvalue weighted by Gasteiger charge is -1.91. The zero-order chi connectivity index (χ0) is 12.8. The van der Waals surface area contributed by atoms with Gasteiger partial charge in [-0.1, -0.05) is 29.2 Å². The number of benzene rings is 1. The van der Waals surface area contributed by atoms with Crippen molar-refractivity contribution in [2.75, 3.05) is 0 Å². The number of nitrogens with one attached hydrogen (secondary N) is 1. The molecule has 2 aromatic heterocycles. The summed E-state index contributed by atoms with van der Waals surface area (Å²) in [7, 11) is 0. The molecule has 0 fully saturated rings. The van der Waals surface area contributed by atoms with Gasteiger partial charge < -0.3 is 10.1 Å². The molecule has 6 heteroatoms. The van der Waals surface area contributed by atoms with Crippen molar-refractivity contribution in [1.29, 1.82) is 0 Å². The number of nitro groups is 1. The van der Waals surface area contributed by atoms with Crippen LogP contribution in [0.4, 0.5) is 5.95 Å². The molecule has 0 radical (unpaired) electrons. The van der Waals surface area contributed by atoms with Crippen molar-refractivity contribution >= 4 is 16.9 Å². The summed E-state index contributed by atoms with van der Waals surface area (Å²) in [5.41, 5.74) is 1.06. The molecule has 0 aliphatic carbocycles. The normalized spacial score (nSPS) is 9.56. The van der Waals surface area contributed by atoms with Crippen molar-refractivity contribution in [3.63, 3.8) is 0 Å². The Hall–Kier alpha value is -2.76. The smallest absolute Gasteiger partial charge is 0.390 e. The Labute approximate surface area is 102 Å². The zero-order valence-electron chi connectivity index (χ0n) is 9.35. The van der Waals surface area contributed by atoms with Crippen LogP contribution in [0.5, 0.6) is 0 Å². The van der Waals surface area contributed by atoms with E-state index in [9.17, 15) is 10.1 Å². The average Bonchev–Trinajstić information content (AvgIpc) is 2.94. The standard InChI is InChI=1S/C9H7N.C3H3N3O2/c1-2-6-9-8(4-1)5-3-7-10-9;7-6(8)3-4-1-2-5-3/h1-7H;1-2H,(H,4,5). The molecule has 3 aromatic rings. The summed E-state index contributed by atoms with van der Waals surface area (Å²) >= 11 is 0. The van der Waals surface area contributed by atoms with Gasteiger partial charge in [-0.15, -0.1) is 0 Å². The van der Waals surface area contributed by atoms with Crippen LogP contribution in [0.3, 0.4) is 0 Å². The summed E-state index contributed by atoms with van der Waals surface area (Å²) in [6.45, 7) is 0. The highest BCUT2D eigenvalue weighted by Crippen LogP contribution is 2.07. The number of aromatic amines is 1. The molecule has 1 aromatic carbocycles. The molecule has 0 bridgehead atoms. The molecule has 90 valence electrons. The third-order valence-corrected chi connectivity index (χ3v) is 2.17. The Morgan fingerprint density at radius 2 is 1.83 bits per heavy atom. The molecule has 1 N–H and O–H groups in total. The van der Waals surface area contributed by atoms with Crippen molar-refractivity contribution in [2.45, 2.75) is 0 Å². The first-order valence-electron chi connectivity index (χ1n) is 5.21. The highest BCUT2D eigenvalue weighted by molar-refractivity contribution is 5.77. The molecular formula is C12H10N4O2. The fraction of sp³-hybridized carbons (Fsp3) is 0. The van der Waals surface area contributed by atoms with Crippen molar-refractivity contribution in [2.24, 2.45) is 0 Å². The van der Waals surface area contributed by atoms with Crippen LogP contribution < -0.4 is 0 Å². The molecule has 3 rings (SSSR count). The second kappa shape index (κ2) is 5.53. The number of fused-ring (bicyclic) bond motifs is 1. The molecule has 0 amide bonds. The van der Waals surface area contributed by atoms with Crippen LogP contribution in [0.1, 0.15) is 0 Å². The number of aromatic nitrogens is 3. The molecule has 18 heavy (non-hydrogen) atoms. The van der Waals surface area contributed by atoms with Gasteiger partial charge in [0, 0.05) is 11.6 Å². The van der Waals surface area contributed by atoms with Gasteiger partial charge in [0.15, 0.2) is 0 Å². The van der Waals surface area contributed by atoms with E-state index in [1.807, 2.05) is 30.5 Å². The Balaban J connectivity index is 0.000000138. The number of hydrogen-bond donors (Lipinski definition) is 1. The van der Waals surface area contributed by atoms with Crippen LogP contribution >= 0.6 is 0 Å². The van der Waals surface area contributed by atoms with Gasteiger partial charge in [0.05, 0.1) is 11.7 Å². The maximum absolute atomic E-state index is 9.77. The quantitative estimate of drug-likeness (QED) is 0.525. The van der Waals surface area contributed by atoms with E-state index in [0.29, 0.717) is 0 Å². The first-order valence-corrected chi connectivity index (χ1v) is 5.21. The van der Waals surface area contributed by atoms with Crippen molar-refractivity contribution in [3.8, 4) is 0 Å². The number of rotatable bonds is 1. The SMILES string of the molecule is O=[N+]([O-])c1ncc[nH]1.c1ccc2ncccc2c1. The summed E-state index contributed by atoms with van der Waals surface area (Å²) in [6.07, 6.45) is 4.54. The first kappa shape index (κ1) is 11.7. The fourth-order valence-electron chi connectivity index (χ4n) is 1.37. The Morgan fingerprint density at radius 3 is 2.44 bits per heavy atom. The summed E-state index contributed by atoms with van der Waals surface area (Å²) in [4.78, 5) is 19.1. The van der Waals surface area contributed by atoms with Gasteiger partial charge in [0.2, 0.25) is 0 Å². The van der Waals surface area contributed by atoms with E-state index in [1.165, 1.54) is 17.8 Å². The van der Waals surface area contributed by atoms with Gasteiger partial charge in [-0.3, -0.25) is 4.98 Å². The molecule has 0 aliphatic rings. The molecule has 0 saturated heterocycles. The van der Waals surface area contributed by atoms with Gasteiger partial charge in [0.25, 0.3) is 0 Å². The summed E-state index contributed by atoms with van der Waals surface area (Å²) in [5, 5.41) is 11.0. The minimum atomic E-state index is -0.583. The maximum Gasteiger partial charge on any atom is 0.432 e. The second-order valence-corrected chi connectivity index (χ2v) is 3.37. The highest BCUT2D eigenvalue weighted by atomic mass is 16.6. The fourth-order valence-corrected chi connectivity index (χ4v) is 1.37. The third-order valence-electron chi connectivity index (χ3n) is 2.17. The molecule has 6 nitrogen and oxygen atoms in total. The van der Waals surface area contributed by atoms with Crippen molar-refractivity contribution < 1.29 is 4.92 Å². The monoisotopic (exact) mass is 242 g/mol. The van der Waals surface area contributed by atoms with E-state index in [2.05, 4.69) is 27.1 Å². The number of imidazole rings is 1.